The fourth-order valence-corrected chi connectivity index (χ4v) is 2.22. The van der Waals surface area contributed by atoms with Crippen LogP contribution in [-0.2, 0) is 10.2 Å². The highest BCUT2D eigenvalue weighted by atomic mass is 16.4. The van der Waals surface area contributed by atoms with Gasteiger partial charge in [-0.25, -0.2) is 4.79 Å². The molecule has 5 nitrogen and oxygen atoms in total. The van der Waals surface area contributed by atoms with Gasteiger partial charge in [0, 0.05) is 13.6 Å². The normalized spacial score (nSPS) is 14.0. The highest BCUT2D eigenvalue weighted by Gasteiger charge is 2.19. The number of rotatable bonds is 5. The van der Waals surface area contributed by atoms with Crippen LogP contribution < -0.4 is 5.32 Å². The molecule has 23 heavy (non-hydrogen) atoms. The van der Waals surface area contributed by atoms with Crippen molar-refractivity contribution in [2.75, 3.05) is 13.6 Å². The van der Waals surface area contributed by atoms with E-state index in [0.29, 0.717) is 0 Å². The van der Waals surface area contributed by atoms with Gasteiger partial charge in [0.05, 0.1) is 12.0 Å². The molecule has 1 aromatic rings. The number of nitrogens with zero attached hydrogens (tertiary/aromatic N) is 1. The van der Waals surface area contributed by atoms with Gasteiger partial charge in [-0.15, -0.1) is 0 Å². The number of urea groups is 1. The Labute approximate surface area is 138 Å². The van der Waals surface area contributed by atoms with Crippen molar-refractivity contribution in [2.45, 2.75) is 46.1 Å². The maximum atomic E-state index is 12.1. The zero-order valence-corrected chi connectivity index (χ0v) is 14.9. The molecule has 0 heterocycles. The largest absolute Gasteiger partial charge is 0.481 e. The van der Waals surface area contributed by atoms with Crippen molar-refractivity contribution in [3.63, 3.8) is 0 Å². The summed E-state index contributed by atoms with van der Waals surface area (Å²) >= 11 is 0. The van der Waals surface area contributed by atoms with Gasteiger partial charge in [-0.3, -0.25) is 4.79 Å². The third-order valence-electron chi connectivity index (χ3n) is 3.93. The number of nitrogens with one attached hydrogen (secondary N) is 1. The molecule has 0 saturated heterocycles. The van der Waals surface area contributed by atoms with Crippen LogP contribution in [0.15, 0.2) is 24.3 Å². The second-order valence-electron chi connectivity index (χ2n) is 7.16. The molecule has 2 amide bonds. The molecule has 0 aliphatic rings. The van der Waals surface area contributed by atoms with E-state index in [-0.39, 0.29) is 24.0 Å². The smallest absolute Gasteiger partial charge is 0.317 e. The molecule has 2 atom stereocenters. The summed E-state index contributed by atoms with van der Waals surface area (Å²) in [6.45, 7) is 10.2. The van der Waals surface area contributed by atoms with Crippen molar-refractivity contribution in [1.82, 2.24) is 10.2 Å². The summed E-state index contributed by atoms with van der Waals surface area (Å²) in [5, 5.41) is 11.8. The first-order valence-corrected chi connectivity index (χ1v) is 7.87. The maximum Gasteiger partial charge on any atom is 0.317 e. The molecule has 2 N–H and O–H groups in total. The molecule has 0 aliphatic heterocycles. The van der Waals surface area contributed by atoms with Crippen LogP contribution in [0, 0.1) is 5.92 Å². The number of amides is 2. The quantitative estimate of drug-likeness (QED) is 0.873. The standard InChI is InChI=1S/C18H28N2O3/c1-12(16(21)22)11-20(6)17(23)19-13(2)14-7-9-15(10-8-14)18(3,4)5/h7-10,12-13H,11H2,1-6H3,(H,19,23)(H,21,22). The van der Waals surface area contributed by atoms with Gasteiger partial charge in [-0.2, -0.15) is 0 Å². The molecule has 1 aromatic carbocycles. The van der Waals surface area contributed by atoms with Crippen molar-refractivity contribution in [1.29, 1.82) is 0 Å². The molecule has 0 radical (unpaired) electrons. The van der Waals surface area contributed by atoms with E-state index in [9.17, 15) is 9.59 Å². The zero-order chi connectivity index (χ0) is 17.8. The van der Waals surface area contributed by atoms with Gasteiger partial charge < -0.3 is 15.3 Å². The monoisotopic (exact) mass is 320 g/mol. The number of carbonyl (C=O) groups is 2. The highest BCUT2D eigenvalue weighted by molar-refractivity contribution is 5.76. The van der Waals surface area contributed by atoms with Crippen LogP contribution in [0.25, 0.3) is 0 Å². The molecule has 0 aromatic heterocycles. The predicted octanol–water partition coefficient (Wildman–Crippen LogP) is 3.41. The predicted molar refractivity (Wildman–Crippen MR) is 91.5 cm³/mol. The van der Waals surface area contributed by atoms with E-state index in [1.165, 1.54) is 10.5 Å². The Balaban J connectivity index is 2.66. The fourth-order valence-electron chi connectivity index (χ4n) is 2.22. The van der Waals surface area contributed by atoms with Crippen LogP contribution in [0.3, 0.4) is 0 Å². The molecule has 0 bridgehead atoms. The molecule has 2 unspecified atom stereocenters. The molecule has 0 aliphatic carbocycles. The highest BCUT2D eigenvalue weighted by Crippen LogP contribution is 2.23. The Morgan fingerprint density at radius 3 is 2.13 bits per heavy atom. The second-order valence-corrected chi connectivity index (χ2v) is 7.16. The number of carbonyl (C=O) groups excluding carboxylic acids is 1. The number of hydrogen-bond acceptors (Lipinski definition) is 2. The van der Waals surface area contributed by atoms with Gasteiger partial charge in [-0.1, -0.05) is 52.0 Å². The van der Waals surface area contributed by atoms with Crippen LogP contribution in [-0.4, -0.2) is 35.6 Å². The summed E-state index contributed by atoms with van der Waals surface area (Å²) < 4.78 is 0. The van der Waals surface area contributed by atoms with Crippen molar-refractivity contribution < 1.29 is 14.7 Å². The summed E-state index contributed by atoms with van der Waals surface area (Å²) in [5.41, 5.74) is 2.36. The van der Waals surface area contributed by atoms with Gasteiger partial charge in [-0.05, 0) is 23.5 Å². The Bertz CT molecular complexity index is 546. The van der Waals surface area contributed by atoms with Crippen molar-refractivity contribution in [2.24, 2.45) is 5.92 Å². The Kier molecular flexibility index (Phi) is 6.19. The lowest BCUT2D eigenvalue weighted by Crippen LogP contribution is -2.41. The van der Waals surface area contributed by atoms with E-state index in [1.807, 2.05) is 19.1 Å². The third-order valence-corrected chi connectivity index (χ3v) is 3.93. The molecule has 0 saturated carbocycles. The van der Waals surface area contributed by atoms with Crippen LogP contribution in [0.1, 0.15) is 51.8 Å². The summed E-state index contributed by atoms with van der Waals surface area (Å²) in [5.74, 6) is -1.50. The van der Waals surface area contributed by atoms with Gasteiger partial charge >= 0.3 is 12.0 Å². The van der Waals surface area contributed by atoms with Crippen LogP contribution in [0.2, 0.25) is 0 Å². The number of aliphatic carboxylic acids is 1. The molecule has 0 spiro atoms. The minimum atomic E-state index is -0.907. The number of carboxylic acids is 1. The van der Waals surface area contributed by atoms with Crippen LogP contribution >= 0.6 is 0 Å². The topological polar surface area (TPSA) is 69.6 Å². The molecule has 0 fully saturated rings. The van der Waals surface area contributed by atoms with Crippen molar-refractivity contribution in [3.8, 4) is 0 Å². The van der Waals surface area contributed by atoms with E-state index in [4.69, 9.17) is 5.11 Å². The Morgan fingerprint density at radius 1 is 1.17 bits per heavy atom. The average molecular weight is 320 g/mol. The Morgan fingerprint density at radius 2 is 1.70 bits per heavy atom. The van der Waals surface area contributed by atoms with Gasteiger partial charge in [0.2, 0.25) is 0 Å². The minimum Gasteiger partial charge on any atom is -0.481 e. The van der Waals surface area contributed by atoms with E-state index in [2.05, 4.69) is 38.2 Å². The lowest BCUT2D eigenvalue weighted by Gasteiger charge is -2.24. The SMILES string of the molecule is CC(CN(C)C(=O)NC(C)c1ccc(C(C)(C)C)cc1)C(=O)O. The van der Waals surface area contributed by atoms with Crippen LogP contribution in [0.5, 0.6) is 0 Å². The van der Waals surface area contributed by atoms with E-state index >= 15 is 0 Å². The second kappa shape index (κ2) is 7.49. The zero-order valence-electron chi connectivity index (χ0n) is 14.9. The maximum absolute atomic E-state index is 12.1. The van der Waals surface area contributed by atoms with Gasteiger partial charge in [0.25, 0.3) is 0 Å². The number of carboxylic acid groups (broad SMARTS) is 1. The molecule has 1 rings (SSSR count). The van der Waals surface area contributed by atoms with E-state index in [1.54, 1.807) is 14.0 Å². The van der Waals surface area contributed by atoms with Crippen LogP contribution in [0.4, 0.5) is 4.79 Å². The lowest BCUT2D eigenvalue weighted by atomic mass is 9.86. The minimum absolute atomic E-state index is 0.0954. The van der Waals surface area contributed by atoms with E-state index < -0.39 is 11.9 Å². The van der Waals surface area contributed by atoms with Crippen molar-refractivity contribution >= 4 is 12.0 Å². The summed E-state index contributed by atoms with van der Waals surface area (Å²) in [6.07, 6.45) is 0. The molecular formula is C18H28N2O3. The summed E-state index contributed by atoms with van der Waals surface area (Å²) in [4.78, 5) is 24.4. The average Bonchev–Trinajstić information content (AvgIpc) is 2.46. The first-order chi connectivity index (χ1) is 10.5. The fraction of sp³-hybridized carbons (Fsp3) is 0.556. The molecule has 5 heteroatoms. The molecule has 128 valence electrons. The van der Waals surface area contributed by atoms with Gasteiger partial charge in [0.1, 0.15) is 0 Å². The van der Waals surface area contributed by atoms with Gasteiger partial charge in [0.15, 0.2) is 0 Å². The molecular weight excluding hydrogens is 292 g/mol. The van der Waals surface area contributed by atoms with Crippen molar-refractivity contribution in [3.05, 3.63) is 35.4 Å². The lowest BCUT2D eigenvalue weighted by molar-refractivity contribution is -0.141. The first kappa shape index (κ1) is 19.0. The first-order valence-electron chi connectivity index (χ1n) is 7.87. The number of benzene rings is 1. The Hall–Kier alpha value is -2.04. The number of hydrogen-bond donors (Lipinski definition) is 2. The summed E-state index contributed by atoms with van der Waals surface area (Å²) in [7, 11) is 1.60. The third kappa shape index (κ3) is 5.58. The summed E-state index contributed by atoms with van der Waals surface area (Å²) in [6, 6.07) is 7.78. The van der Waals surface area contributed by atoms with E-state index in [0.717, 1.165) is 5.56 Å².